The number of pyridine rings is 1. The van der Waals surface area contributed by atoms with Crippen molar-refractivity contribution >= 4 is 34.7 Å². The van der Waals surface area contributed by atoms with E-state index in [4.69, 9.17) is 4.99 Å². The van der Waals surface area contributed by atoms with E-state index in [-0.39, 0.29) is 11.9 Å². The Hall–Kier alpha value is -2.66. The van der Waals surface area contributed by atoms with Gasteiger partial charge in [0.2, 0.25) is 0 Å². The fourth-order valence-corrected chi connectivity index (χ4v) is 4.57. The van der Waals surface area contributed by atoms with E-state index in [9.17, 15) is 4.79 Å². The average Bonchev–Trinajstić information content (AvgIpc) is 3.05. The summed E-state index contributed by atoms with van der Waals surface area (Å²) in [6, 6.07) is 16.0. The topological polar surface area (TPSA) is 45.6 Å². The van der Waals surface area contributed by atoms with Crippen LogP contribution in [-0.2, 0) is 4.79 Å². The molecular formula is C23H23N3OS. The summed E-state index contributed by atoms with van der Waals surface area (Å²) in [5.41, 5.74) is 1.11. The van der Waals surface area contributed by atoms with Crippen LogP contribution in [0, 0.1) is 0 Å². The number of nitrogens with zero attached hydrogens (tertiary/aromatic N) is 3. The van der Waals surface area contributed by atoms with Gasteiger partial charge in [-0.25, -0.2) is 9.98 Å². The second-order valence-electron chi connectivity index (χ2n) is 6.95. The molecule has 2 aliphatic rings. The Morgan fingerprint density at radius 3 is 2.57 bits per heavy atom. The molecule has 142 valence electrons. The maximum absolute atomic E-state index is 13.1. The molecular weight excluding hydrogens is 366 g/mol. The van der Waals surface area contributed by atoms with Gasteiger partial charge in [-0.05, 0) is 48.4 Å². The average molecular weight is 390 g/mol. The van der Waals surface area contributed by atoms with Crippen molar-refractivity contribution in [3.8, 4) is 0 Å². The van der Waals surface area contributed by atoms with E-state index in [1.807, 2.05) is 71.7 Å². The van der Waals surface area contributed by atoms with Crippen molar-refractivity contribution in [3.05, 3.63) is 77.3 Å². The van der Waals surface area contributed by atoms with Crippen molar-refractivity contribution in [2.24, 2.45) is 4.99 Å². The van der Waals surface area contributed by atoms with Gasteiger partial charge < -0.3 is 0 Å². The van der Waals surface area contributed by atoms with Crippen molar-refractivity contribution in [1.29, 1.82) is 0 Å². The summed E-state index contributed by atoms with van der Waals surface area (Å²) >= 11 is 1.45. The van der Waals surface area contributed by atoms with Crippen LogP contribution in [0.15, 0.2) is 76.8 Å². The van der Waals surface area contributed by atoms with Gasteiger partial charge in [0.05, 0.1) is 4.91 Å². The Balaban J connectivity index is 1.61. The Bertz CT molecular complexity index is 900. The largest absolute Gasteiger partial charge is 0.283 e. The minimum Gasteiger partial charge on any atom is -0.283 e. The number of amides is 1. The number of carbonyl (C=O) groups excluding carboxylic acids is 1. The quantitative estimate of drug-likeness (QED) is 0.642. The summed E-state index contributed by atoms with van der Waals surface area (Å²) in [6.07, 6.45) is 13.3. The molecule has 2 aromatic rings. The molecule has 1 aliphatic heterocycles. The first kappa shape index (κ1) is 18.7. The third kappa shape index (κ3) is 4.42. The number of amidine groups is 1. The van der Waals surface area contributed by atoms with E-state index < -0.39 is 0 Å². The van der Waals surface area contributed by atoms with E-state index in [0.29, 0.717) is 10.7 Å². The third-order valence-electron chi connectivity index (χ3n) is 4.97. The number of aromatic nitrogens is 1. The smallest absolute Gasteiger partial charge is 0.266 e. The van der Waals surface area contributed by atoms with E-state index in [0.717, 1.165) is 23.6 Å². The van der Waals surface area contributed by atoms with Crippen molar-refractivity contribution in [2.45, 2.75) is 38.1 Å². The Morgan fingerprint density at radius 1 is 1.04 bits per heavy atom. The molecule has 1 aromatic heterocycles. The highest BCUT2D eigenvalue weighted by Crippen LogP contribution is 2.37. The zero-order valence-electron chi connectivity index (χ0n) is 15.7. The van der Waals surface area contributed by atoms with Gasteiger partial charge in [-0.1, -0.05) is 67.8 Å². The Labute approximate surface area is 170 Å². The van der Waals surface area contributed by atoms with Crippen molar-refractivity contribution in [2.75, 3.05) is 0 Å². The predicted octanol–water partition coefficient (Wildman–Crippen LogP) is 5.57. The molecule has 1 saturated carbocycles. The van der Waals surface area contributed by atoms with Gasteiger partial charge in [-0.15, -0.1) is 0 Å². The maximum Gasteiger partial charge on any atom is 0.266 e. The normalized spacial score (nSPS) is 21.3. The lowest BCUT2D eigenvalue weighted by molar-refractivity contribution is -0.124. The number of allylic oxidation sites excluding steroid dienone is 2. The summed E-state index contributed by atoms with van der Waals surface area (Å²) in [5.74, 6) is 0.698. The van der Waals surface area contributed by atoms with Crippen molar-refractivity contribution < 1.29 is 4.79 Å². The number of aliphatic imine (C=N–C) groups is 1. The van der Waals surface area contributed by atoms with Gasteiger partial charge in [0, 0.05) is 12.2 Å². The van der Waals surface area contributed by atoms with E-state index >= 15 is 0 Å². The van der Waals surface area contributed by atoms with Crippen LogP contribution in [0.5, 0.6) is 0 Å². The highest BCUT2D eigenvalue weighted by Gasteiger charge is 2.38. The zero-order chi connectivity index (χ0) is 19.2. The lowest BCUT2D eigenvalue weighted by atomic mass is 9.94. The highest BCUT2D eigenvalue weighted by molar-refractivity contribution is 8.18. The molecule has 0 spiro atoms. The third-order valence-corrected chi connectivity index (χ3v) is 5.97. The molecule has 1 amide bonds. The lowest BCUT2D eigenvalue weighted by Gasteiger charge is -2.30. The standard InChI is InChI=1S/C23H23N3OS/c27-22-20(15-9-12-18-10-3-1-4-11-18)28-23(25-21-16-7-8-17-24-21)26(22)19-13-5-2-6-14-19/h1,3-4,7-12,15-17,19H,2,5-6,13-14H2/b12-9+,20-15-,25-23+. The van der Waals surface area contributed by atoms with Crippen LogP contribution in [0.2, 0.25) is 0 Å². The number of carbonyl (C=O) groups is 1. The van der Waals surface area contributed by atoms with Gasteiger partial charge in [-0.3, -0.25) is 9.69 Å². The van der Waals surface area contributed by atoms with Crippen LogP contribution in [0.1, 0.15) is 37.7 Å². The molecule has 0 unspecified atom stereocenters. The summed E-state index contributed by atoms with van der Waals surface area (Å²) in [4.78, 5) is 24.8. The molecule has 0 radical (unpaired) electrons. The lowest BCUT2D eigenvalue weighted by Crippen LogP contribution is -2.40. The zero-order valence-corrected chi connectivity index (χ0v) is 16.5. The van der Waals surface area contributed by atoms with E-state index in [2.05, 4.69) is 4.98 Å². The maximum atomic E-state index is 13.1. The van der Waals surface area contributed by atoms with Crippen LogP contribution < -0.4 is 0 Å². The summed E-state index contributed by atoms with van der Waals surface area (Å²) < 4.78 is 0. The molecule has 5 heteroatoms. The molecule has 1 saturated heterocycles. The van der Waals surface area contributed by atoms with Crippen LogP contribution in [-0.4, -0.2) is 27.0 Å². The molecule has 1 aromatic carbocycles. The molecule has 0 bridgehead atoms. The van der Waals surface area contributed by atoms with Crippen LogP contribution in [0.4, 0.5) is 5.82 Å². The minimum absolute atomic E-state index is 0.0595. The van der Waals surface area contributed by atoms with Crippen LogP contribution >= 0.6 is 11.8 Å². The monoisotopic (exact) mass is 389 g/mol. The first-order valence-electron chi connectivity index (χ1n) is 9.76. The molecule has 4 nitrogen and oxygen atoms in total. The van der Waals surface area contributed by atoms with Crippen molar-refractivity contribution in [1.82, 2.24) is 9.88 Å². The second kappa shape index (κ2) is 9.02. The van der Waals surface area contributed by atoms with Gasteiger partial charge in [0.25, 0.3) is 5.91 Å². The summed E-state index contributed by atoms with van der Waals surface area (Å²) in [7, 11) is 0. The Morgan fingerprint density at radius 2 is 1.82 bits per heavy atom. The van der Waals surface area contributed by atoms with E-state index in [1.165, 1.54) is 31.0 Å². The number of hydrogen-bond acceptors (Lipinski definition) is 4. The summed E-state index contributed by atoms with van der Waals surface area (Å²) in [6.45, 7) is 0. The van der Waals surface area contributed by atoms with Crippen molar-refractivity contribution in [3.63, 3.8) is 0 Å². The second-order valence-corrected chi connectivity index (χ2v) is 7.96. The molecule has 2 heterocycles. The molecule has 4 rings (SSSR count). The predicted molar refractivity (Wildman–Crippen MR) is 116 cm³/mol. The number of benzene rings is 1. The first-order valence-corrected chi connectivity index (χ1v) is 10.6. The summed E-state index contributed by atoms with van der Waals surface area (Å²) in [5, 5.41) is 0.745. The van der Waals surface area contributed by atoms with Gasteiger partial charge in [0.15, 0.2) is 11.0 Å². The van der Waals surface area contributed by atoms with Gasteiger partial charge in [0.1, 0.15) is 0 Å². The SMILES string of the molecule is O=C1/C(=C/C=C/c2ccccc2)S/C(=N/c2ccccn2)N1C1CCCCC1. The highest BCUT2D eigenvalue weighted by atomic mass is 32.2. The molecule has 28 heavy (non-hydrogen) atoms. The first-order chi connectivity index (χ1) is 13.8. The molecule has 0 N–H and O–H groups in total. The fraction of sp³-hybridized carbons (Fsp3) is 0.261. The number of thioether (sulfide) groups is 1. The Kier molecular flexibility index (Phi) is 6.02. The number of hydrogen-bond donors (Lipinski definition) is 0. The molecule has 1 aliphatic carbocycles. The minimum atomic E-state index is 0.0595. The van der Waals surface area contributed by atoms with Gasteiger partial charge in [-0.2, -0.15) is 0 Å². The fourth-order valence-electron chi connectivity index (χ4n) is 3.57. The van der Waals surface area contributed by atoms with Crippen LogP contribution in [0.25, 0.3) is 6.08 Å². The molecule has 0 atom stereocenters. The van der Waals surface area contributed by atoms with E-state index in [1.54, 1.807) is 6.20 Å². The van der Waals surface area contributed by atoms with Crippen LogP contribution in [0.3, 0.4) is 0 Å². The number of rotatable bonds is 4. The van der Waals surface area contributed by atoms with Gasteiger partial charge >= 0.3 is 0 Å². The molecule has 2 fully saturated rings.